The van der Waals surface area contributed by atoms with Crippen LogP contribution in [-0.2, 0) is 30.0 Å². The Hall–Kier alpha value is -2.51. The van der Waals surface area contributed by atoms with Crippen molar-refractivity contribution in [2.24, 2.45) is 7.05 Å². The summed E-state index contributed by atoms with van der Waals surface area (Å²) in [4.78, 5) is 16.8. The van der Waals surface area contributed by atoms with Crippen molar-refractivity contribution in [3.05, 3.63) is 76.3 Å². The van der Waals surface area contributed by atoms with Gasteiger partial charge in [-0.1, -0.05) is 42.5 Å². The van der Waals surface area contributed by atoms with Gasteiger partial charge in [-0.15, -0.1) is 0 Å². The number of hydrogen-bond acceptors (Lipinski definition) is 4. The highest BCUT2D eigenvalue weighted by atomic mass is 32.2. The van der Waals surface area contributed by atoms with Crippen molar-refractivity contribution in [1.29, 1.82) is 0 Å². The van der Waals surface area contributed by atoms with Crippen LogP contribution in [0.1, 0.15) is 17.8 Å². The molecule has 0 atom stereocenters. The van der Waals surface area contributed by atoms with Gasteiger partial charge in [0, 0.05) is 7.05 Å². The maximum absolute atomic E-state index is 12.3. The van der Waals surface area contributed by atoms with E-state index in [0.717, 1.165) is 5.56 Å². The predicted molar refractivity (Wildman–Crippen MR) is 102 cm³/mol. The molecule has 0 bridgehead atoms. The number of hydrogen-bond donors (Lipinski definition) is 1. The number of nitrogens with one attached hydrogen (secondary N) is 1. The van der Waals surface area contributed by atoms with Crippen molar-refractivity contribution in [2.45, 2.75) is 19.4 Å². The van der Waals surface area contributed by atoms with Crippen LogP contribution in [0.2, 0.25) is 0 Å². The minimum absolute atomic E-state index is 0.00968. The van der Waals surface area contributed by atoms with Gasteiger partial charge < -0.3 is 0 Å². The van der Waals surface area contributed by atoms with Gasteiger partial charge in [-0.2, -0.15) is 0 Å². The number of nitrogens with zero attached hydrogens (tertiary/aromatic N) is 2. The Morgan fingerprint density at radius 2 is 1.73 bits per heavy atom. The zero-order chi connectivity index (χ0) is 18.6. The van der Waals surface area contributed by atoms with Crippen LogP contribution in [0.5, 0.6) is 0 Å². The van der Waals surface area contributed by atoms with Gasteiger partial charge in [-0.25, -0.2) is 18.1 Å². The lowest BCUT2D eigenvalue weighted by Crippen LogP contribution is -2.31. The van der Waals surface area contributed by atoms with Gasteiger partial charge >= 0.3 is 0 Å². The molecule has 1 N–H and O–H groups in total. The summed E-state index contributed by atoms with van der Waals surface area (Å²) < 4.78 is 28.4. The van der Waals surface area contributed by atoms with Crippen LogP contribution in [0.3, 0.4) is 0 Å². The van der Waals surface area contributed by atoms with Gasteiger partial charge in [0.2, 0.25) is 10.0 Å². The molecular weight excluding hydrogens is 350 g/mol. The number of fused-ring (bicyclic) bond motifs is 1. The second-order valence-electron chi connectivity index (χ2n) is 6.14. The molecule has 1 heterocycles. The first-order valence-corrected chi connectivity index (χ1v) is 10.1. The van der Waals surface area contributed by atoms with Crippen LogP contribution in [0.15, 0.2) is 59.4 Å². The molecule has 0 saturated heterocycles. The predicted octanol–water partition coefficient (Wildman–Crippen LogP) is 1.99. The summed E-state index contributed by atoms with van der Waals surface area (Å²) in [7, 11) is -1.84. The molecule has 0 aliphatic rings. The Morgan fingerprint density at radius 1 is 1.04 bits per heavy atom. The second kappa shape index (κ2) is 7.80. The van der Waals surface area contributed by atoms with Crippen molar-refractivity contribution in [1.82, 2.24) is 14.3 Å². The summed E-state index contributed by atoms with van der Waals surface area (Å²) >= 11 is 0. The lowest BCUT2D eigenvalue weighted by Gasteiger charge is -2.11. The van der Waals surface area contributed by atoms with E-state index in [9.17, 15) is 13.2 Å². The lowest BCUT2D eigenvalue weighted by molar-refractivity contribution is 0.573. The monoisotopic (exact) mass is 371 g/mol. The van der Waals surface area contributed by atoms with E-state index in [0.29, 0.717) is 29.6 Å². The van der Waals surface area contributed by atoms with Crippen molar-refractivity contribution >= 4 is 20.9 Å². The van der Waals surface area contributed by atoms with Crippen molar-refractivity contribution in [2.75, 3.05) is 5.75 Å². The molecule has 0 aliphatic carbocycles. The molecule has 3 rings (SSSR count). The maximum Gasteiger partial charge on any atom is 0.261 e. The number of benzene rings is 2. The fourth-order valence-electron chi connectivity index (χ4n) is 2.78. The van der Waals surface area contributed by atoms with Crippen LogP contribution >= 0.6 is 0 Å². The van der Waals surface area contributed by atoms with Crippen molar-refractivity contribution in [3.8, 4) is 0 Å². The zero-order valence-corrected chi connectivity index (χ0v) is 15.4. The molecule has 2 aromatic carbocycles. The zero-order valence-electron chi connectivity index (χ0n) is 14.6. The number of aryl methyl sites for hydroxylation is 1. The van der Waals surface area contributed by atoms with Crippen LogP contribution < -0.4 is 10.3 Å². The van der Waals surface area contributed by atoms with Gasteiger partial charge in [-0.3, -0.25) is 9.36 Å². The number of rotatable bonds is 7. The molecule has 136 valence electrons. The largest absolute Gasteiger partial charge is 0.298 e. The fraction of sp³-hybridized carbons (Fsp3) is 0.263. The van der Waals surface area contributed by atoms with Crippen LogP contribution in [0.4, 0.5) is 0 Å². The number of aromatic nitrogens is 2. The molecular formula is C19H21N3O3S. The molecule has 0 aliphatic heterocycles. The Labute approximate surface area is 152 Å². The standard InChI is InChI=1S/C19H21N3O3S/c1-22-18(21-17-12-6-5-11-16(17)19(22)23)14-20-26(24,25)13-7-10-15-8-3-2-4-9-15/h2-6,8-9,11-12,20H,7,10,13-14H2,1H3. The molecule has 6 nitrogen and oxygen atoms in total. The highest BCUT2D eigenvalue weighted by molar-refractivity contribution is 7.89. The fourth-order valence-corrected chi connectivity index (χ4v) is 3.80. The molecule has 0 radical (unpaired) electrons. The van der Waals surface area contributed by atoms with E-state index >= 15 is 0 Å². The van der Waals surface area contributed by atoms with Crippen LogP contribution in [-0.4, -0.2) is 23.7 Å². The van der Waals surface area contributed by atoms with Gasteiger partial charge in [0.15, 0.2) is 0 Å². The van der Waals surface area contributed by atoms with E-state index in [1.807, 2.05) is 30.3 Å². The minimum Gasteiger partial charge on any atom is -0.298 e. The Balaban J connectivity index is 1.65. The number of sulfonamides is 1. The molecule has 0 fully saturated rings. The van der Waals surface area contributed by atoms with Gasteiger partial charge in [-0.05, 0) is 30.5 Å². The third-order valence-electron chi connectivity index (χ3n) is 4.25. The Kier molecular flexibility index (Phi) is 5.49. The first-order chi connectivity index (χ1) is 12.5. The summed E-state index contributed by atoms with van der Waals surface area (Å²) in [5.74, 6) is 0.420. The minimum atomic E-state index is -3.44. The van der Waals surface area contributed by atoms with E-state index in [4.69, 9.17) is 0 Å². The summed E-state index contributed by atoms with van der Waals surface area (Å²) in [6.45, 7) is -0.00968. The molecule has 26 heavy (non-hydrogen) atoms. The Morgan fingerprint density at radius 3 is 2.50 bits per heavy atom. The van der Waals surface area contributed by atoms with E-state index in [1.165, 1.54) is 4.57 Å². The van der Waals surface area contributed by atoms with Crippen LogP contribution in [0.25, 0.3) is 10.9 Å². The van der Waals surface area contributed by atoms with Gasteiger partial charge in [0.05, 0.1) is 23.2 Å². The summed E-state index contributed by atoms with van der Waals surface area (Å²) in [5.41, 5.74) is 1.49. The second-order valence-corrected chi connectivity index (χ2v) is 8.06. The Bertz CT molecular complexity index is 1060. The van der Waals surface area contributed by atoms with Gasteiger partial charge in [0.1, 0.15) is 5.82 Å². The highest BCUT2D eigenvalue weighted by Crippen LogP contribution is 2.08. The average molecular weight is 371 g/mol. The summed E-state index contributed by atoms with van der Waals surface area (Å²) in [6.07, 6.45) is 1.23. The SMILES string of the molecule is Cn1c(CNS(=O)(=O)CCCc2ccccc2)nc2ccccc2c1=O. The van der Waals surface area contributed by atoms with E-state index in [1.54, 1.807) is 31.3 Å². The quantitative estimate of drug-likeness (QED) is 0.689. The molecule has 7 heteroatoms. The third-order valence-corrected chi connectivity index (χ3v) is 5.66. The smallest absolute Gasteiger partial charge is 0.261 e. The molecule has 3 aromatic rings. The van der Waals surface area contributed by atoms with Crippen molar-refractivity contribution < 1.29 is 8.42 Å². The molecule has 1 aromatic heterocycles. The highest BCUT2D eigenvalue weighted by Gasteiger charge is 2.13. The normalized spacial score (nSPS) is 11.7. The topological polar surface area (TPSA) is 81.1 Å². The molecule has 0 unspecified atom stereocenters. The molecule has 0 saturated carbocycles. The van der Waals surface area contributed by atoms with Gasteiger partial charge in [0.25, 0.3) is 5.56 Å². The first-order valence-electron chi connectivity index (χ1n) is 8.42. The average Bonchev–Trinajstić information content (AvgIpc) is 2.64. The van der Waals surface area contributed by atoms with E-state index in [2.05, 4.69) is 9.71 Å². The van der Waals surface area contributed by atoms with Crippen molar-refractivity contribution in [3.63, 3.8) is 0 Å². The maximum atomic E-state index is 12.3. The van der Waals surface area contributed by atoms with E-state index in [-0.39, 0.29) is 17.9 Å². The molecule has 0 amide bonds. The summed E-state index contributed by atoms with van der Waals surface area (Å²) in [6, 6.07) is 16.8. The van der Waals surface area contributed by atoms with E-state index < -0.39 is 10.0 Å². The lowest BCUT2D eigenvalue weighted by atomic mass is 10.1. The third kappa shape index (κ3) is 4.36. The molecule has 0 spiro atoms. The first kappa shape index (κ1) is 18.3. The summed E-state index contributed by atoms with van der Waals surface area (Å²) in [5, 5.41) is 0.518. The van der Waals surface area contributed by atoms with Crippen LogP contribution in [0, 0.1) is 0 Å². The number of para-hydroxylation sites is 1.